The van der Waals surface area contributed by atoms with Gasteiger partial charge in [-0.3, -0.25) is 9.59 Å². The highest BCUT2D eigenvalue weighted by Gasteiger charge is 2.42. The largest absolute Gasteiger partial charge is 0.326 e. The van der Waals surface area contributed by atoms with Gasteiger partial charge in [0.15, 0.2) is 5.78 Å². The van der Waals surface area contributed by atoms with Crippen LogP contribution in [0.25, 0.3) is 10.8 Å². The van der Waals surface area contributed by atoms with Gasteiger partial charge in [0.1, 0.15) is 0 Å². The van der Waals surface area contributed by atoms with E-state index < -0.39 is 5.54 Å². The van der Waals surface area contributed by atoms with Crippen LogP contribution in [0, 0.1) is 0 Å². The first-order valence-corrected chi connectivity index (χ1v) is 6.84. The third kappa shape index (κ3) is 1.90. The van der Waals surface area contributed by atoms with Gasteiger partial charge in [0.2, 0.25) is 0 Å². The molecule has 0 aromatic heterocycles. The number of ketones is 1. The number of amides is 1. The highest BCUT2D eigenvalue weighted by Crippen LogP contribution is 2.27. The van der Waals surface area contributed by atoms with Crippen molar-refractivity contribution in [3.63, 3.8) is 0 Å². The first-order valence-electron chi connectivity index (χ1n) is 6.84. The Morgan fingerprint density at radius 1 is 1.10 bits per heavy atom. The minimum Gasteiger partial charge on any atom is -0.326 e. The normalized spacial score (nSPS) is 17.7. The second-order valence-electron chi connectivity index (χ2n) is 5.75. The van der Waals surface area contributed by atoms with Gasteiger partial charge in [-0.05, 0) is 36.8 Å². The molecule has 102 valence electrons. The van der Waals surface area contributed by atoms with E-state index in [0.29, 0.717) is 18.5 Å². The van der Waals surface area contributed by atoms with Crippen molar-refractivity contribution in [3.05, 3.63) is 48.0 Å². The molecule has 1 amide bonds. The van der Waals surface area contributed by atoms with Gasteiger partial charge in [-0.1, -0.05) is 30.3 Å². The maximum Gasteiger partial charge on any atom is 0.254 e. The Labute approximate surface area is 118 Å². The highest BCUT2D eigenvalue weighted by atomic mass is 16.2. The summed E-state index contributed by atoms with van der Waals surface area (Å²) in [4.78, 5) is 26.2. The Morgan fingerprint density at radius 3 is 2.45 bits per heavy atom. The molecule has 20 heavy (non-hydrogen) atoms. The summed E-state index contributed by atoms with van der Waals surface area (Å²) in [6.45, 7) is 4.15. The van der Waals surface area contributed by atoms with Gasteiger partial charge in [-0.2, -0.15) is 0 Å². The molecule has 0 bridgehead atoms. The van der Waals surface area contributed by atoms with Crippen LogP contribution < -0.4 is 0 Å². The predicted molar refractivity (Wildman–Crippen MR) is 78.7 cm³/mol. The lowest BCUT2D eigenvalue weighted by Crippen LogP contribution is -2.46. The fraction of sp³-hybridized carbons (Fsp3) is 0.294. The lowest BCUT2D eigenvalue weighted by molar-refractivity contribution is -0.123. The highest BCUT2D eigenvalue weighted by molar-refractivity contribution is 6.03. The Balaban J connectivity index is 1.99. The number of Topliss-reactive ketones (excluding diaryl/α,β-unsaturated/α-hetero) is 1. The molecule has 2 aromatic rings. The van der Waals surface area contributed by atoms with E-state index in [9.17, 15) is 9.59 Å². The molecule has 0 radical (unpaired) electrons. The number of benzene rings is 2. The number of rotatable bonds is 1. The molecule has 0 aliphatic carbocycles. The van der Waals surface area contributed by atoms with Gasteiger partial charge in [-0.15, -0.1) is 0 Å². The topological polar surface area (TPSA) is 37.4 Å². The van der Waals surface area contributed by atoms with Crippen LogP contribution in [-0.4, -0.2) is 28.7 Å². The molecular formula is C17H17NO2. The van der Waals surface area contributed by atoms with E-state index in [4.69, 9.17) is 0 Å². The van der Waals surface area contributed by atoms with Crippen molar-refractivity contribution in [2.45, 2.75) is 25.8 Å². The van der Waals surface area contributed by atoms with Crippen molar-refractivity contribution in [1.29, 1.82) is 0 Å². The molecule has 3 heteroatoms. The van der Waals surface area contributed by atoms with Crippen LogP contribution in [0.1, 0.15) is 30.6 Å². The molecular weight excluding hydrogens is 250 g/mol. The molecule has 1 aliphatic rings. The molecule has 1 fully saturated rings. The van der Waals surface area contributed by atoms with Crippen LogP contribution in [0.2, 0.25) is 0 Å². The number of likely N-dealkylation sites (tertiary alicyclic amines) is 1. The Morgan fingerprint density at radius 2 is 1.80 bits per heavy atom. The van der Waals surface area contributed by atoms with Crippen LogP contribution in [0.3, 0.4) is 0 Å². The number of hydrogen-bond donors (Lipinski definition) is 0. The SMILES string of the molecule is CC1(C)C(=O)CCN1C(=O)c1ccc2ccccc2c1. The second-order valence-corrected chi connectivity index (χ2v) is 5.75. The summed E-state index contributed by atoms with van der Waals surface area (Å²) in [6.07, 6.45) is 0.451. The quantitative estimate of drug-likeness (QED) is 0.796. The van der Waals surface area contributed by atoms with Gasteiger partial charge < -0.3 is 4.90 Å². The lowest BCUT2D eigenvalue weighted by atomic mass is 9.99. The zero-order valence-electron chi connectivity index (χ0n) is 11.7. The number of hydrogen-bond acceptors (Lipinski definition) is 2. The van der Waals surface area contributed by atoms with Crippen LogP contribution in [0.5, 0.6) is 0 Å². The van der Waals surface area contributed by atoms with E-state index in [-0.39, 0.29) is 11.7 Å². The van der Waals surface area contributed by atoms with Crippen LogP contribution >= 0.6 is 0 Å². The fourth-order valence-corrected chi connectivity index (χ4v) is 2.78. The van der Waals surface area contributed by atoms with Crippen molar-refractivity contribution in [1.82, 2.24) is 4.90 Å². The van der Waals surface area contributed by atoms with Gasteiger partial charge in [0, 0.05) is 18.5 Å². The first kappa shape index (κ1) is 12.9. The van der Waals surface area contributed by atoms with E-state index >= 15 is 0 Å². The summed E-state index contributed by atoms with van der Waals surface area (Å²) in [6, 6.07) is 13.6. The molecule has 3 rings (SSSR count). The van der Waals surface area contributed by atoms with E-state index in [1.165, 1.54) is 0 Å². The summed E-state index contributed by atoms with van der Waals surface area (Å²) < 4.78 is 0. The van der Waals surface area contributed by atoms with Crippen molar-refractivity contribution in [3.8, 4) is 0 Å². The van der Waals surface area contributed by atoms with Gasteiger partial charge >= 0.3 is 0 Å². The number of carbonyl (C=O) groups is 2. The predicted octanol–water partition coefficient (Wildman–Crippen LogP) is 3.03. The van der Waals surface area contributed by atoms with Crippen LogP contribution in [-0.2, 0) is 4.79 Å². The third-order valence-corrected chi connectivity index (χ3v) is 4.16. The maximum atomic E-state index is 12.6. The first-order chi connectivity index (χ1) is 9.50. The molecule has 1 aliphatic heterocycles. The summed E-state index contributed by atoms with van der Waals surface area (Å²) in [5.74, 6) is 0.0678. The van der Waals surface area contributed by atoms with Gasteiger partial charge in [0.25, 0.3) is 5.91 Å². The standard InChI is InChI=1S/C17H17NO2/c1-17(2)15(19)9-10-18(17)16(20)14-8-7-12-5-3-4-6-13(12)11-14/h3-8,11H,9-10H2,1-2H3. The summed E-state index contributed by atoms with van der Waals surface area (Å²) in [7, 11) is 0. The second kappa shape index (κ2) is 4.44. The summed E-state index contributed by atoms with van der Waals surface area (Å²) in [5.41, 5.74) is -0.0469. The molecule has 0 saturated carbocycles. The Kier molecular flexibility index (Phi) is 2.85. The molecule has 2 aromatic carbocycles. The van der Waals surface area contributed by atoms with Crippen molar-refractivity contribution < 1.29 is 9.59 Å². The molecule has 0 atom stereocenters. The maximum absolute atomic E-state index is 12.6. The van der Waals surface area contributed by atoms with Crippen LogP contribution in [0.4, 0.5) is 0 Å². The van der Waals surface area contributed by atoms with E-state index in [1.807, 2.05) is 56.3 Å². The fourth-order valence-electron chi connectivity index (χ4n) is 2.78. The average molecular weight is 267 g/mol. The third-order valence-electron chi connectivity index (χ3n) is 4.16. The molecule has 0 spiro atoms. The van der Waals surface area contributed by atoms with Crippen molar-refractivity contribution in [2.24, 2.45) is 0 Å². The Hall–Kier alpha value is -2.16. The number of nitrogens with zero attached hydrogens (tertiary/aromatic N) is 1. The Bertz CT molecular complexity index is 703. The van der Waals surface area contributed by atoms with Crippen molar-refractivity contribution >= 4 is 22.5 Å². The monoisotopic (exact) mass is 267 g/mol. The summed E-state index contributed by atoms with van der Waals surface area (Å²) >= 11 is 0. The molecule has 0 N–H and O–H groups in total. The minimum absolute atomic E-state index is 0.0633. The van der Waals surface area contributed by atoms with E-state index in [2.05, 4.69) is 0 Å². The molecule has 1 heterocycles. The lowest BCUT2D eigenvalue weighted by Gasteiger charge is -2.30. The van der Waals surface area contributed by atoms with E-state index in [1.54, 1.807) is 4.90 Å². The van der Waals surface area contributed by atoms with Crippen LogP contribution in [0.15, 0.2) is 42.5 Å². The minimum atomic E-state index is -0.692. The van der Waals surface area contributed by atoms with Crippen molar-refractivity contribution in [2.75, 3.05) is 6.54 Å². The zero-order valence-corrected chi connectivity index (χ0v) is 11.7. The van der Waals surface area contributed by atoms with E-state index in [0.717, 1.165) is 10.8 Å². The van der Waals surface area contributed by atoms with Gasteiger partial charge in [0.05, 0.1) is 5.54 Å². The van der Waals surface area contributed by atoms with Gasteiger partial charge in [-0.25, -0.2) is 0 Å². The average Bonchev–Trinajstić information content (AvgIpc) is 2.72. The number of carbonyl (C=O) groups excluding carboxylic acids is 2. The summed E-state index contributed by atoms with van der Waals surface area (Å²) in [5, 5.41) is 2.16. The molecule has 0 unspecified atom stereocenters. The molecule has 1 saturated heterocycles. The smallest absolute Gasteiger partial charge is 0.254 e. The molecule has 3 nitrogen and oxygen atoms in total. The zero-order chi connectivity index (χ0) is 14.3. The number of fused-ring (bicyclic) bond motifs is 1.